The summed E-state index contributed by atoms with van der Waals surface area (Å²) in [6, 6.07) is 10.6. The SMILES string of the molecule is COc1ccc2[nH]cc(-c3c[nH]c4ccc([N+](=O)[O-])cc34)c2c1. The quantitative estimate of drug-likeness (QED) is 0.439. The Kier molecular flexibility index (Phi) is 2.84. The van der Waals surface area contributed by atoms with Crippen LogP contribution in [0.2, 0.25) is 0 Å². The van der Waals surface area contributed by atoms with Crippen LogP contribution in [-0.4, -0.2) is 22.0 Å². The zero-order chi connectivity index (χ0) is 16.0. The Labute approximate surface area is 130 Å². The third kappa shape index (κ3) is 2.03. The van der Waals surface area contributed by atoms with Gasteiger partial charge in [0.25, 0.3) is 5.69 Å². The zero-order valence-corrected chi connectivity index (χ0v) is 12.3. The lowest BCUT2D eigenvalue weighted by molar-refractivity contribution is -0.384. The fourth-order valence-corrected chi connectivity index (χ4v) is 2.89. The number of hydrogen-bond donors (Lipinski definition) is 2. The highest BCUT2D eigenvalue weighted by Crippen LogP contribution is 2.36. The van der Waals surface area contributed by atoms with Crippen molar-refractivity contribution in [1.82, 2.24) is 9.97 Å². The predicted molar refractivity (Wildman–Crippen MR) is 88.8 cm³/mol. The Morgan fingerprint density at radius 2 is 1.57 bits per heavy atom. The van der Waals surface area contributed by atoms with Crippen molar-refractivity contribution in [3.8, 4) is 16.9 Å². The molecule has 0 bridgehead atoms. The first-order valence-corrected chi connectivity index (χ1v) is 7.08. The van der Waals surface area contributed by atoms with Gasteiger partial charge in [0.05, 0.1) is 12.0 Å². The van der Waals surface area contributed by atoms with Gasteiger partial charge in [0.15, 0.2) is 0 Å². The van der Waals surface area contributed by atoms with Gasteiger partial charge < -0.3 is 14.7 Å². The summed E-state index contributed by atoms with van der Waals surface area (Å²) in [6.45, 7) is 0. The van der Waals surface area contributed by atoms with Crippen molar-refractivity contribution in [1.29, 1.82) is 0 Å². The highest BCUT2D eigenvalue weighted by Gasteiger charge is 2.14. The van der Waals surface area contributed by atoms with Gasteiger partial charge in [-0.3, -0.25) is 10.1 Å². The molecule has 2 aromatic carbocycles. The summed E-state index contributed by atoms with van der Waals surface area (Å²) in [5.41, 5.74) is 3.83. The molecular formula is C17H13N3O3. The normalized spacial score (nSPS) is 11.2. The van der Waals surface area contributed by atoms with Crippen LogP contribution >= 0.6 is 0 Å². The molecule has 23 heavy (non-hydrogen) atoms. The van der Waals surface area contributed by atoms with Crippen LogP contribution in [0.3, 0.4) is 0 Å². The Morgan fingerprint density at radius 3 is 2.17 bits per heavy atom. The van der Waals surface area contributed by atoms with E-state index in [0.717, 1.165) is 38.7 Å². The minimum atomic E-state index is -0.380. The number of rotatable bonds is 3. The van der Waals surface area contributed by atoms with Gasteiger partial charge in [0.2, 0.25) is 0 Å². The number of H-pyrrole nitrogens is 2. The van der Waals surface area contributed by atoms with E-state index in [4.69, 9.17) is 4.74 Å². The number of benzene rings is 2. The minimum Gasteiger partial charge on any atom is -0.497 e. The maximum absolute atomic E-state index is 11.0. The molecule has 2 aromatic heterocycles. The monoisotopic (exact) mass is 307 g/mol. The molecular weight excluding hydrogens is 294 g/mol. The fraction of sp³-hybridized carbons (Fsp3) is 0.0588. The number of hydrogen-bond acceptors (Lipinski definition) is 3. The number of nitro groups is 1. The van der Waals surface area contributed by atoms with Crippen molar-refractivity contribution in [2.45, 2.75) is 0 Å². The maximum atomic E-state index is 11.0. The molecule has 0 aliphatic rings. The summed E-state index contributed by atoms with van der Waals surface area (Å²) in [7, 11) is 1.63. The highest BCUT2D eigenvalue weighted by molar-refractivity contribution is 6.05. The molecule has 114 valence electrons. The van der Waals surface area contributed by atoms with E-state index in [1.54, 1.807) is 19.2 Å². The fourth-order valence-electron chi connectivity index (χ4n) is 2.89. The number of fused-ring (bicyclic) bond motifs is 2. The van der Waals surface area contributed by atoms with Crippen molar-refractivity contribution in [2.75, 3.05) is 7.11 Å². The first-order valence-electron chi connectivity index (χ1n) is 7.08. The lowest BCUT2D eigenvalue weighted by atomic mass is 10.0. The molecule has 2 heterocycles. The van der Waals surface area contributed by atoms with Gasteiger partial charge in [-0.1, -0.05) is 0 Å². The number of methoxy groups -OCH3 is 1. The van der Waals surface area contributed by atoms with E-state index in [0.29, 0.717) is 0 Å². The smallest absolute Gasteiger partial charge is 0.270 e. The molecule has 0 spiro atoms. The van der Waals surface area contributed by atoms with Crippen LogP contribution in [0.15, 0.2) is 48.8 Å². The number of aromatic nitrogens is 2. The Hall–Kier alpha value is -3.28. The summed E-state index contributed by atoms with van der Waals surface area (Å²) in [4.78, 5) is 17.0. The Bertz CT molecular complexity index is 1050. The molecule has 6 nitrogen and oxygen atoms in total. The first kappa shape index (κ1) is 13.4. The summed E-state index contributed by atoms with van der Waals surface area (Å²) < 4.78 is 5.29. The van der Waals surface area contributed by atoms with E-state index in [1.165, 1.54) is 6.07 Å². The van der Waals surface area contributed by atoms with Crippen LogP contribution in [-0.2, 0) is 0 Å². The minimum absolute atomic E-state index is 0.0794. The Morgan fingerprint density at radius 1 is 0.957 bits per heavy atom. The molecule has 0 amide bonds. The topological polar surface area (TPSA) is 84.0 Å². The second-order valence-corrected chi connectivity index (χ2v) is 5.30. The lowest BCUT2D eigenvalue weighted by Crippen LogP contribution is -1.86. The predicted octanol–water partition coefficient (Wildman–Crippen LogP) is 4.23. The molecule has 6 heteroatoms. The van der Waals surface area contributed by atoms with Gasteiger partial charge in [-0.05, 0) is 24.3 Å². The van der Waals surface area contributed by atoms with Crippen molar-refractivity contribution >= 4 is 27.5 Å². The van der Waals surface area contributed by atoms with Crippen LogP contribution in [0, 0.1) is 10.1 Å². The van der Waals surface area contributed by atoms with E-state index in [1.807, 2.05) is 30.6 Å². The molecule has 4 rings (SSSR count). The number of nitro benzene ring substituents is 1. The second-order valence-electron chi connectivity index (χ2n) is 5.30. The van der Waals surface area contributed by atoms with Gasteiger partial charge in [0, 0.05) is 57.5 Å². The van der Waals surface area contributed by atoms with Crippen LogP contribution in [0.5, 0.6) is 5.75 Å². The third-order valence-electron chi connectivity index (χ3n) is 4.06. The second kappa shape index (κ2) is 4.88. The van der Waals surface area contributed by atoms with Crippen molar-refractivity contribution in [3.63, 3.8) is 0 Å². The van der Waals surface area contributed by atoms with E-state index in [9.17, 15) is 10.1 Å². The van der Waals surface area contributed by atoms with Crippen molar-refractivity contribution in [2.24, 2.45) is 0 Å². The number of aromatic amines is 2. The number of ether oxygens (including phenoxy) is 1. The zero-order valence-electron chi connectivity index (χ0n) is 12.3. The summed E-state index contributed by atoms with van der Waals surface area (Å²) in [6.07, 6.45) is 3.78. The van der Waals surface area contributed by atoms with Gasteiger partial charge >= 0.3 is 0 Å². The molecule has 0 aliphatic heterocycles. The van der Waals surface area contributed by atoms with Gasteiger partial charge in [0.1, 0.15) is 5.75 Å². The summed E-state index contributed by atoms with van der Waals surface area (Å²) >= 11 is 0. The van der Waals surface area contributed by atoms with E-state index in [-0.39, 0.29) is 10.6 Å². The van der Waals surface area contributed by atoms with Gasteiger partial charge in [-0.15, -0.1) is 0 Å². The molecule has 4 aromatic rings. The molecule has 0 fully saturated rings. The van der Waals surface area contributed by atoms with Gasteiger partial charge in [-0.2, -0.15) is 0 Å². The van der Waals surface area contributed by atoms with E-state index < -0.39 is 0 Å². The van der Waals surface area contributed by atoms with Crippen molar-refractivity contribution in [3.05, 3.63) is 58.9 Å². The number of nitrogens with zero attached hydrogens (tertiary/aromatic N) is 1. The highest BCUT2D eigenvalue weighted by atomic mass is 16.6. The molecule has 0 saturated carbocycles. The van der Waals surface area contributed by atoms with Crippen LogP contribution in [0.25, 0.3) is 32.9 Å². The van der Waals surface area contributed by atoms with E-state index in [2.05, 4.69) is 9.97 Å². The largest absolute Gasteiger partial charge is 0.497 e. The molecule has 0 unspecified atom stereocenters. The van der Waals surface area contributed by atoms with Crippen LogP contribution in [0.1, 0.15) is 0 Å². The average molecular weight is 307 g/mol. The molecule has 0 aliphatic carbocycles. The molecule has 2 N–H and O–H groups in total. The lowest BCUT2D eigenvalue weighted by Gasteiger charge is -2.01. The summed E-state index contributed by atoms with van der Waals surface area (Å²) in [5, 5.41) is 12.9. The number of nitrogens with one attached hydrogen (secondary N) is 2. The van der Waals surface area contributed by atoms with Crippen LogP contribution < -0.4 is 4.74 Å². The molecule has 0 saturated heterocycles. The molecule has 0 radical (unpaired) electrons. The van der Waals surface area contributed by atoms with E-state index >= 15 is 0 Å². The Balaban J connectivity index is 1.98. The summed E-state index contributed by atoms with van der Waals surface area (Å²) in [5.74, 6) is 0.768. The average Bonchev–Trinajstić information content (AvgIpc) is 3.16. The van der Waals surface area contributed by atoms with Crippen LogP contribution in [0.4, 0.5) is 5.69 Å². The van der Waals surface area contributed by atoms with Crippen molar-refractivity contribution < 1.29 is 9.66 Å². The number of non-ortho nitro benzene ring substituents is 1. The standard InChI is InChI=1S/C17H13N3O3/c1-23-11-3-5-17-13(7-11)15(9-19-17)14-8-18-16-4-2-10(20(21)22)6-12(14)16/h2-9,18-19H,1H3. The first-order chi connectivity index (χ1) is 11.2. The molecule has 0 atom stereocenters. The third-order valence-corrected chi connectivity index (χ3v) is 4.06. The van der Waals surface area contributed by atoms with Gasteiger partial charge in [-0.25, -0.2) is 0 Å². The maximum Gasteiger partial charge on any atom is 0.270 e.